The van der Waals surface area contributed by atoms with E-state index in [1.165, 1.54) is 17.5 Å². The fourth-order valence-corrected chi connectivity index (χ4v) is 3.06. The van der Waals surface area contributed by atoms with E-state index in [0.717, 1.165) is 22.7 Å². The summed E-state index contributed by atoms with van der Waals surface area (Å²) in [6, 6.07) is 12.0. The molecule has 0 atom stereocenters. The summed E-state index contributed by atoms with van der Waals surface area (Å²) in [6.07, 6.45) is 1.49. The Balaban J connectivity index is 1.50. The Morgan fingerprint density at radius 2 is 1.70 bits per heavy atom. The Morgan fingerprint density at radius 1 is 0.963 bits per heavy atom. The first-order valence-corrected chi connectivity index (χ1v) is 8.67. The SMILES string of the molecule is Cc1cc(C)cc(Nc2ncnc(NCc3ccc4c(c3)OCO4)c2N)c1. The molecule has 0 fully saturated rings. The van der Waals surface area contributed by atoms with Gasteiger partial charge in [-0.1, -0.05) is 12.1 Å². The van der Waals surface area contributed by atoms with E-state index < -0.39 is 0 Å². The van der Waals surface area contributed by atoms with Gasteiger partial charge in [-0.25, -0.2) is 9.97 Å². The predicted molar refractivity (Wildman–Crippen MR) is 106 cm³/mol. The van der Waals surface area contributed by atoms with Crippen LogP contribution in [0.15, 0.2) is 42.7 Å². The maximum atomic E-state index is 6.27. The van der Waals surface area contributed by atoms with E-state index in [2.05, 4.69) is 40.5 Å². The summed E-state index contributed by atoms with van der Waals surface area (Å²) in [5, 5.41) is 6.53. The van der Waals surface area contributed by atoms with Crippen molar-refractivity contribution < 1.29 is 9.47 Å². The highest BCUT2D eigenvalue weighted by Crippen LogP contribution is 2.33. The van der Waals surface area contributed by atoms with E-state index in [0.29, 0.717) is 23.9 Å². The van der Waals surface area contributed by atoms with Crippen LogP contribution in [0, 0.1) is 13.8 Å². The molecule has 1 aromatic heterocycles. The number of nitrogens with one attached hydrogen (secondary N) is 2. The van der Waals surface area contributed by atoms with Crippen molar-refractivity contribution >= 4 is 23.0 Å². The van der Waals surface area contributed by atoms with Crippen molar-refractivity contribution in [1.29, 1.82) is 0 Å². The maximum absolute atomic E-state index is 6.27. The second-order valence-corrected chi connectivity index (χ2v) is 6.53. The van der Waals surface area contributed by atoms with Gasteiger partial charge in [0, 0.05) is 12.2 Å². The first-order chi connectivity index (χ1) is 13.1. The van der Waals surface area contributed by atoms with E-state index in [4.69, 9.17) is 15.2 Å². The van der Waals surface area contributed by atoms with E-state index in [9.17, 15) is 0 Å². The van der Waals surface area contributed by atoms with Crippen LogP contribution >= 0.6 is 0 Å². The average Bonchev–Trinajstić information content (AvgIpc) is 3.09. The monoisotopic (exact) mass is 363 g/mol. The Labute approximate surface area is 157 Å². The van der Waals surface area contributed by atoms with Crippen molar-refractivity contribution in [3.8, 4) is 11.5 Å². The quantitative estimate of drug-likeness (QED) is 0.635. The number of rotatable bonds is 5. The van der Waals surface area contributed by atoms with E-state index in [1.54, 1.807) is 0 Å². The lowest BCUT2D eigenvalue weighted by molar-refractivity contribution is 0.174. The molecule has 0 radical (unpaired) electrons. The highest BCUT2D eigenvalue weighted by atomic mass is 16.7. The minimum atomic E-state index is 0.262. The van der Waals surface area contributed by atoms with Crippen molar-refractivity contribution in [1.82, 2.24) is 9.97 Å². The topological polar surface area (TPSA) is 94.3 Å². The van der Waals surface area contributed by atoms with E-state index >= 15 is 0 Å². The minimum absolute atomic E-state index is 0.262. The zero-order valence-corrected chi connectivity index (χ0v) is 15.2. The van der Waals surface area contributed by atoms with Gasteiger partial charge in [0.05, 0.1) is 0 Å². The number of hydrogen-bond donors (Lipinski definition) is 3. The van der Waals surface area contributed by atoms with Gasteiger partial charge in [-0.2, -0.15) is 0 Å². The molecule has 2 heterocycles. The largest absolute Gasteiger partial charge is 0.454 e. The van der Waals surface area contributed by atoms with Gasteiger partial charge in [0.1, 0.15) is 12.0 Å². The zero-order chi connectivity index (χ0) is 18.8. The molecule has 138 valence electrons. The molecule has 7 heteroatoms. The Morgan fingerprint density at radius 3 is 2.52 bits per heavy atom. The first kappa shape index (κ1) is 17.0. The van der Waals surface area contributed by atoms with Crippen LogP contribution < -0.4 is 25.8 Å². The normalized spacial score (nSPS) is 12.1. The molecule has 0 aliphatic carbocycles. The van der Waals surface area contributed by atoms with Crippen molar-refractivity contribution in [2.75, 3.05) is 23.2 Å². The highest BCUT2D eigenvalue weighted by Gasteiger charge is 2.14. The number of benzene rings is 2. The van der Waals surface area contributed by atoms with Gasteiger partial charge >= 0.3 is 0 Å². The second kappa shape index (κ2) is 7.03. The van der Waals surface area contributed by atoms with Gasteiger partial charge in [0.2, 0.25) is 6.79 Å². The van der Waals surface area contributed by atoms with Gasteiger partial charge < -0.3 is 25.8 Å². The van der Waals surface area contributed by atoms with Gasteiger partial charge in [-0.05, 0) is 54.8 Å². The Hall–Kier alpha value is -3.48. The molecular weight excluding hydrogens is 342 g/mol. The third kappa shape index (κ3) is 3.72. The molecule has 2 aromatic carbocycles. The van der Waals surface area contributed by atoms with Gasteiger partial charge in [0.15, 0.2) is 23.1 Å². The fraction of sp³-hybridized carbons (Fsp3) is 0.200. The van der Waals surface area contributed by atoms with Crippen molar-refractivity contribution in [2.24, 2.45) is 0 Å². The molecule has 4 rings (SSSR count). The van der Waals surface area contributed by atoms with Crippen molar-refractivity contribution in [3.05, 3.63) is 59.4 Å². The molecular formula is C20H21N5O2. The number of fused-ring (bicyclic) bond motifs is 1. The van der Waals surface area contributed by atoms with Gasteiger partial charge in [-0.3, -0.25) is 0 Å². The Bertz CT molecular complexity index is 970. The number of anilines is 4. The first-order valence-electron chi connectivity index (χ1n) is 8.67. The number of hydrogen-bond acceptors (Lipinski definition) is 7. The summed E-state index contributed by atoms with van der Waals surface area (Å²) < 4.78 is 10.7. The molecule has 0 saturated carbocycles. The number of ether oxygens (including phenoxy) is 2. The summed E-state index contributed by atoms with van der Waals surface area (Å²) in [7, 11) is 0. The molecule has 7 nitrogen and oxygen atoms in total. The molecule has 0 spiro atoms. The fourth-order valence-electron chi connectivity index (χ4n) is 3.06. The van der Waals surface area contributed by atoms with E-state index in [-0.39, 0.29) is 6.79 Å². The summed E-state index contributed by atoms with van der Waals surface area (Å²) in [5.41, 5.74) is 11.1. The molecule has 0 bridgehead atoms. The molecule has 3 aromatic rings. The van der Waals surface area contributed by atoms with Gasteiger partial charge in [0.25, 0.3) is 0 Å². The lowest BCUT2D eigenvalue weighted by atomic mass is 10.1. The molecule has 0 saturated heterocycles. The number of nitrogens with two attached hydrogens (primary N) is 1. The van der Waals surface area contributed by atoms with Gasteiger partial charge in [-0.15, -0.1) is 0 Å². The highest BCUT2D eigenvalue weighted by molar-refractivity contribution is 5.77. The smallest absolute Gasteiger partial charge is 0.231 e. The van der Waals surface area contributed by atoms with Crippen LogP contribution in [0.25, 0.3) is 0 Å². The summed E-state index contributed by atoms with van der Waals surface area (Å²) in [6.45, 7) is 4.93. The summed E-state index contributed by atoms with van der Waals surface area (Å²) in [4.78, 5) is 8.53. The maximum Gasteiger partial charge on any atom is 0.231 e. The molecule has 27 heavy (non-hydrogen) atoms. The predicted octanol–water partition coefficient (Wildman–Crippen LogP) is 3.76. The Kier molecular flexibility index (Phi) is 4.42. The molecule has 1 aliphatic heterocycles. The van der Waals surface area contributed by atoms with Crippen LogP contribution in [0.5, 0.6) is 11.5 Å². The minimum Gasteiger partial charge on any atom is -0.454 e. The van der Waals surface area contributed by atoms with E-state index in [1.807, 2.05) is 30.3 Å². The molecule has 1 aliphatic rings. The second-order valence-electron chi connectivity index (χ2n) is 6.53. The molecule has 0 amide bonds. The summed E-state index contributed by atoms with van der Waals surface area (Å²) >= 11 is 0. The van der Waals surface area contributed by atoms with Crippen LogP contribution in [0.4, 0.5) is 23.0 Å². The lowest BCUT2D eigenvalue weighted by Crippen LogP contribution is -2.08. The zero-order valence-electron chi connectivity index (χ0n) is 15.2. The molecule has 0 unspecified atom stereocenters. The number of aryl methyl sites for hydroxylation is 2. The van der Waals surface area contributed by atoms with Crippen LogP contribution in [0.1, 0.15) is 16.7 Å². The lowest BCUT2D eigenvalue weighted by Gasteiger charge is -2.13. The molecule has 4 N–H and O–H groups in total. The van der Waals surface area contributed by atoms with Crippen LogP contribution in [0.3, 0.4) is 0 Å². The third-order valence-corrected chi connectivity index (χ3v) is 4.27. The van der Waals surface area contributed by atoms with Crippen LogP contribution in [-0.2, 0) is 6.54 Å². The number of nitrogens with zero attached hydrogens (tertiary/aromatic N) is 2. The summed E-state index contributed by atoms with van der Waals surface area (Å²) in [5.74, 6) is 2.67. The van der Waals surface area contributed by atoms with Crippen LogP contribution in [-0.4, -0.2) is 16.8 Å². The third-order valence-electron chi connectivity index (χ3n) is 4.27. The van der Waals surface area contributed by atoms with Crippen molar-refractivity contribution in [3.63, 3.8) is 0 Å². The number of aromatic nitrogens is 2. The van der Waals surface area contributed by atoms with Crippen LogP contribution in [0.2, 0.25) is 0 Å². The number of nitrogen functional groups attached to an aromatic ring is 1. The van der Waals surface area contributed by atoms with Crippen molar-refractivity contribution in [2.45, 2.75) is 20.4 Å². The average molecular weight is 363 g/mol. The standard InChI is InChI=1S/C20H21N5O2/c1-12-5-13(2)7-15(6-12)25-20-18(21)19(23-10-24-20)22-9-14-3-4-16-17(8-14)27-11-26-16/h3-8,10H,9,11,21H2,1-2H3,(H2,22,23,24,25).